The third kappa shape index (κ3) is 2.77. The van der Waals surface area contributed by atoms with Crippen LogP contribution in [0.5, 0.6) is 0 Å². The number of β-amino-alcohol motifs (C(OH)–C–C–N with tert-alkyl or cyclic N) is 1. The van der Waals surface area contributed by atoms with E-state index < -0.39 is 6.10 Å². The lowest BCUT2D eigenvalue weighted by Crippen LogP contribution is -2.52. The molecule has 2 atom stereocenters. The molecule has 1 amide bonds. The predicted octanol–water partition coefficient (Wildman–Crippen LogP) is 2.95. The van der Waals surface area contributed by atoms with Gasteiger partial charge in [0.25, 0.3) is 0 Å². The Morgan fingerprint density at radius 1 is 1.38 bits per heavy atom. The van der Waals surface area contributed by atoms with Gasteiger partial charge in [-0.1, -0.05) is 36.8 Å². The molecule has 0 radical (unpaired) electrons. The Labute approximate surface area is 125 Å². The molecule has 114 valence electrons. The van der Waals surface area contributed by atoms with Gasteiger partial charge in [-0.25, -0.2) is 4.79 Å². The summed E-state index contributed by atoms with van der Waals surface area (Å²) in [4.78, 5) is 14.2. The highest BCUT2D eigenvalue weighted by atomic mass is 16.6. The van der Waals surface area contributed by atoms with E-state index in [4.69, 9.17) is 4.74 Å². The van der Waals surface area contributed by atoms with Crippen LogP contribution >= 0.6 is 0 Å². The van der Waals surface area contributed by atoms with Crippen molar-refractivity contribution in [3.8, 4) is 0 Å². The highest BCUT2D eigenvalue weighted by Gasteiger charge is 2.51. The van der Waals surface area contributed by atoms with Gasteiger partial charge in [-0.05, 0) is 37.7 Å². The Hall–Kier alpha value is -1.55. The van der Waals surface area contributed by atoms with Gasteiger partial charge >= 0.3 is 6.09 Å². The molecule has 1 aromatic carbocycles. The molecule has 1 saturated heterocycles. The van der Waals surface area contributed by atoms with Crippen LogP contribution in [0.1, 0.15) is 38.2 Å². The first-order valence-electron chi connectivity index (χ1n) is 7.76. The molecule has 1 aliphatic heterocycles. The average Bonchev–Trinajstić information content (AvgIpc) is 2.70. The highest BCUT2D eigenvalue weighted by molar-refractivity contribution is 5.69. The average molecular weight is 289 g/mol. The monoisotopic (exact) mass is 289 g/mol. The van der Waals surface area contributed by atoms with Crippen molar-refractivity contribution in [2.75, 3.05) is 6.54 Å². The molecule has 2 unspecified atom stereocenters. The quantitative estimate of drug-likeness (QED) is 0.930. The van der Waals surface area contributed by atoms with Crippen LogP contribution in [0.25, 0.3) is 0 Å². The van der Waals surface area contributed by atoms with Crippen molar-refractivity contribution >= 4 is 6.09 Å². The smallest absolute Gasteiger partial charge is 0.410 e. The molecule has 21 heavy (non-hydrogen) atoms. The fourth-order valence-corrected chi connectivity index (χ4v) is 3.57. The Bertz CT molecular complexity index is 500. The van der Waals surface area contributed by atoms with Crippen molar-refractivity contribution < 1.29 is 14.6 Å². The van der Waals surface area contributed by atoms with E-state index in [-0.39, 0.29) is 18.2 Å². The number of aliphatic hydroxyl groups excluding tert-OH is 1. The van der Waals surface area contributed by atoms with Gasteiger partial charge in [0.1, 0.15) is 6.61 Å². The summed E-state index contributed by atoms with van der Waals surface area (Å²) in [5, 5.41) is 9.99. The van der Waals surface area contributed by atoms with Crippen LogP contribution in [0.2, 0.25) is 0 Å². The van der Waals surface area contributed by atoms with Crippen molar-refractivity contribution in [3.63, 3.8) is 0 Å². The Balaban J connectivity index is 1.65. The molecule has 1 heterocycles. The lowest BCUT2D eigenvalue weighted by Gasteiger charge is -2.45. The lowest BCUT2D eigenvalue weighted by atomic mass is 9.70. The van der Waals surface area contributed by atoms with Crippen LogP contribution in [0.4, 0.5) is 4.79 Å². The molecule has 1 saturated carbocycles. The van der Waals surface area contributed by atoms with E-state index in [1.807, 2.05) is 30.3 Å². The molecular formula is C17H23NO3. The molecular weight excluding hydrogens is 266 g/mol. The summed E-state index contributed by atoms with van der Waals surface area (Å²) in [5.41, 5.74) is 0.738. The molecule has 4 heteroatoms. The first kappa shape index (κ1) is 14.4. The number of rotatable bonds is 3. The molecule has 0 spiro atoms. The molecule has 0 aromatic heterocycles. The van der Waals surface area contributed by atoms with E-state index in [1.165, 1.54) is 6.42 Å². The second-order valence-corrected chi connectivity index (χ2v) is 6.49. The van der Waals surface area contributed by atoms with E-state index in [9.17, 15) is 9.90 Å². The van der Waals surface area contributed by atoms with Crippen molar-refractivity contribution in [1.29, 1.82) is 0 Å². The van der Waals surface area contributed by atoms with E-state index in [0.717, 1.165) is 18.4 Å². The van der Waals surface area contributed by atoms with Crippen LogP contribution < -0.4 is 0 Å². The summed E-state index contributed by atoms with van der Waals surface area (Å²) in [7, 11) is 0. The first-order chi connectivity index (χ1) is 10.1. The number of likely N-dealkylation sites (tertiary alicyclic amines) is 1. The van der Waals surface area contributed by atoms with Crippen LogP contribution in [0.3, 0.4) is 0 Å². The Kier molecular flexibility index (Phi) is 3.89. The van der Waals surface area contributed by atoms with Crippen molar-refractivity contribution in [1.82, 2.24) is 4.90 Å². The van der Waals surface area contributed by atoms with Gasteiger partial charge in [-0.3, -0.25) is 4.90 Å². The van der Waals surface area contributed by atoms with Crippen molar-refractivity contribution in [2.45, 2.75) is 50.9 Å². The fraction of sp³-hybridized carbons (Fsp3) is 0.588. The molecule has 2 fully saturated rings. The van der Waals surface area contributed by atoms with E-state index >= 15 is 0 Å². The third-order valence-corrected chi connectivity index (χ3v) is 5.07. The number of hydrogen-bond donors (Lipinski definition) is 1. The molecule has 1 aliphatic carbocycles. The number of nitrogens with zero attached hydrogens (tertiary/aromatic N) is 1. The number of carbonyl (C=O) groups excluding carboxylic acids is 1. The Morgan fingerprint density at radius 3 is 2.71 bits per heavy atom. The number of benzene rings is 1. The van der Waals surface area contributed by atoms with Gasteiger partial charge in [0.2, 0.25) is 0 Å². The van der Waals surface area contributed by atoms with Gasteiger partial charge in [-0.2, -0.15) is 0 Å². The number of aliphatic hydroxyl groups is 1. The van der Waals surface area contributed by atoms with Crippen LogP contribution in [0, 0.1) is 5.92 Å². The molecule has 4 nitrogen and oxygen atoms in total. The van der Waals surface area contributed by atoms with E-state index in [2.05, 4.69) is 6.92 Å². The van der Waals surface area contributed by atoms with Gasteiger partial charge in [0.05, 0.1) is 12.6 Å². The van der Waals surface area contributed by atoms with E-state index in [0.29, 0.717) is 18.9 Å². The molecule has 3 rings (SSSR count). The van der Waals surface area contributed by atoms with Gasteiger partial charge in [0.15, 0.2) is 0 Å². The van der Waals surface area contributed by atoms with Gasteiger partial charge in [-0.15, -0.1) is 0 Å². The zero-order chi connectivity index (χ0) is 14.9. The first-order valence-corrected chi connectivity index (χ1v) is 7.76. The largest absolute Gasteiger partial charge is 0.445 e. The predicted molar refractivity (Wildman–Crippen MR) is 79.7 cm³/mol. The number of carbonyl (C=O) groups is 1. The maximum absolute atomic E-state index is 12.4. The SMILES string of the molecule is CC1(C2CCC2)CC(O)CN1C(=O)OCc1ccccc1. The summed E-state index contributed by atoms with van der Waals surface area (Å²) >= 11 is 0. The lowest BCUT2D eigenvalue weighted by molar-refractivity contribution is 0.0255. The van der Waals surface area contributed by atoms with Crippen LogP contribution in [-0.2, 0) is 11.3 Å². The number of amides is 1. The zero-order valence-electron chi connectivity index (χ0n) is 12.5. The van der Waals surface area contributed by atoms with Crippen LogP contribution in [-0.4, -0.2) is 34.3 Å². The summed E-state index contributed by atoms with van der Waals surface area (Å²) in [6, 6.07) is 9.69. The van der Waals surface area contributed by atoms with E-state index in [1.54, 1.807) is 4.90 Å². The minimum absolute atomic E-state index is 0.245. The van der Waals surface area contributed by atoms with Gasteiger partial charge < -0.3 is 9.84 Å². The number of ether oxygens (including phenoxy) is 1. The Morgan fingerprint density at radius 2 is 2.10 bits per heavy atom. The maximum Gasteiger partial charge on any atom is 0.410 e. The molecule has 0 bridgehead atoms. The minimum atomic E-state index is -0.431. The van der Waals surface area contributed by atoms with Crippen molar-refractivity contribution in [2.24, 2.45) is 5.92 Å². The topological polar surface area (TPSA) is 49.8 Å². The second-order valence-electron chi connectivity index (χ2n) is 6.49. The summed E-state index contributed by atoms with van der Waals surface area (Å²) < 4.78 is 5.45. The standard InChI is InChI=1S/C17H23NO3/c1-17(14-8-5-9-14)10-15(19)11-18(17)16(20)21-12-13-6-3-2-4-7-13/h2-4,6-7,14-15,19H,5,8-12H2,1H3. The maximum atomic E-state index is 12.4. The zero-order valence-corrected chi connectivity index (χ0v) is 12.5. The fourth-order valence-electron chi connectivity index (χ4n) is 3.57. The van der Waals surface area contributed by atoms with Crippen molar-refractivity contribution in [3.05, 3.63) is 35.9 Å². The van der Waals surface area contributed by atoms with Crippen LogP contribution in [0.15, 0.2) is 30.3 Å². The normalized spacial score (nSPS) is 29.2. The summed E-state index contributed by atoms with van der Waals surface area (Å²) in [6.07, 6.45) is 3.45. The van der Waals surface area contributed by atoms with Gasteiger partial charge in [0, 0.05) is 5.54 Å². The second kappa shape index (κ2) is 5.68. The number of hydrogen-bond acceptors (Lipinski definition) is 3. The third-order valence-electron chi connectivity index (χ3n) is 5.07. The summed E-state index contributed by atoms with van der Waals surface area (Å²) in [5.74, 6) is 0.499. The highest BCUT2D eigenvalue weighted by Crippen LogP contribution is 2.45. The summed E-state index contributed by atoms with van der Waals surface area (Å²) in [6.45, 7) is 2.77. The molecule has 2 aliphatic rings. The molecule has 1 N–H and O–H groups in total. The minimum Gasteiger partial charge on any atom is -0.445 e. The molecule has 1 aromatic rings.